The van der Waals surface area contributed by atoms with E-state index in [1.807, 2.05) is 6.92 Å². The van der Waals surface area contributed by atoms with Crippen molar-refractivity contribution >= 4 is 11.8 Å². The van der Waals surface area contributed by atoms with Crippen LogP contribution in [0.15, 0.2) is 24.3 Å². The first-order chi connectivity index (χ1) is 11.8. The molecule has 0 aliphatic carbocycles. The number of nitrogens with one attached hydrogen (secondary N) is 2. The van der Waals surface area contributed by atoms with E-state index >= 15 is 0 Å². The van der Waals surface area contributed by atoms with Crippen LogP contribution in [-0.4, -0.2) is 41.4 Å². The lowest BCUT2D eigenvalue weighted by atomic mass is 9.87. The first-order valence-electron chi connectivity index (χ1n) is 9.23. The molecular weight excluding hydrogens is 314 g/mol. The zero-order valence-electron chi connectivity index (χ0n) is 15.6. The minimum absolute atomic E-state index is 0.00900. The molecule has 0 radical (unpaired) electrons. The van der Waals surface area contributed by atoms with Crippen LogP contribution in [0.2, 0.25) is 0 Å². The monoisotopic (exact) mass is 343 g/mol. The van der Waals surface area contributed by atoms with Gasteiger partial charge in [0.2, 0.25) is 11.8 Å². The normalized spacial score (nSPS) is 26.6. The third-order valence-corrected chi connectivity index (χ3v) is 5.32. The summed E-state index contributed by atoms with van der Waals surface area (Å²) in [6.07, 6.45) is 1.33. The molecule has 0 spiro atoms. The Bertz CT molecular complexity index is 648. The number of carbonyl (C=O) groups excluding carboxylic acids is 2. The van der Waals surface area contributed by atoms with Gasteiger partial charge in [-0.3, -0.25) is 9.59 Å². The lowest BCUT2D eigenvalue weighted by Crippen LogP contribution is -2.60. The van der Waals surface area contributed by atoms with Crippen molar-refractivity contribution in [3.05, 3.63) is 35.4 Å². The second-order valence-corrected chi connectivity index (χ2v) is 8.24. The van der Waals surface area contributed by atoms with Gasteiger partial charge in [-0.25, -0.2) is 0 Å². The maximum Gasteiger partial charge on any atom is 0.245 e. The molecule has 2 aliphatic rings. The number of benzene rings is 1. The van der Waals surface area contributed by atoms with Crippen LogP contribution in [0.3, 0.4) is 0 Å². The lowest BCUT2D eigenvalue weighted by molar-refractivity contribution is -0.147. The van der Waals surface area contributed by atoms with Crippen molar-refractivity contribution < 1.29 is 9.59 Å². The van der Waals surface area contributed by atoms with Gasteiger partial charge < -0.3 is 15.5 Å². The smallest absolute Gasteiger partial charge is 0.245 e. The van der Waals surface area contributed by atoms with Gasteiger partial charge in [0.05, 0.1) is 0 Å². The second kappa shape index (κ2) is 6.79. The number of nitrogens with zero attached hydrogens (tertiary/aromatic N) is 1. The minimum atomic E-state index is -0.354. The molecule has 3 atom stereocenters. The highest BCUT2D eigenvalue weighted by molar-refractivity contribution is 5.97. The molecule has 5 nitrogen and oxygen atoms in total. The summed E-state index contributed by atoms with van der Waals surface area (Å²) in [5.74, 6) is 0.0520. The molecule has 2 saturated heterocycles. The molecule has 25 heavy (non-hydrogen) atoms. The summed E-state index contributed by atoms with van der Waals surface area (Å²) in [7, 11) is 0. The number of rotatable bonds is 4. The number of hydrogen-bond acceptors (Lipinski definition) is 3. The van der Waals surface area contributed by atoms with Crippen LogP contribution in [0.1, 0.15) is 51.7 Å². The molecule has 0 bridgehead atoms. The fourth-order valence-electron chi connectivity index (χ4n) is 3.67. The maximum absolute atomic E-state index is 12.4. The predicted molar refractivity (Wildman–Crippen MR) is 98.1 cm³/mol. The number of carbonyl (C=O) groups is 2. The van der Waals surface area contributed by atoms with Gasteiger partial charge in [-0.2, -0.15) is 0 Å². The molecular formula is C20H29N3O2. The van der Waals surface area contributed by atoms with Crippen molar-refractivity contribution in [3.8, 4) is 0 Å². The SMILES string of the molecule is CC[C@@H]1NC(=O)[C@@H]2C[C@H](NCc3ccc(C(C)(C)C)cc3)CN2C1=O. The van der Waals surface area contributed by atoms with Gasteiger partial charge in [-0.1, -0.05) is 52.0 Å². The Kier molecular flexibility index (Phi) is 4.87. The Labute approximate surface area is 150 Å². The van der Waals surface area contributed by atoms with Crippen LogP contribution < -0.4 is 10.6 Å². The molecule has 5 heteroatoms. The molecule has 0 aromatic heterocycles. The molecule has 2 fully saturated rings. The Morgan fingerprint density at radius 2 is 1.88 bits per heavy atom. The van der Waals surface area contributed by atoms with Gasteiger partial charge in [0.15, 0.2) is 0 Å². The quantitative estimate of drug-likeness (QED) is 0.878. The number of amides is 2. The van der Waals surface area contributed by atoms with Crippen molar-refractivity contribution in [2.75, 3.05) is 6.54 Å². The van der Waals surface area contributed by atoms with E-state index < -0.39 is 0 Å². The van der Waals surface area contributed by atoms with Gasteiger partial charge in [-0.05, 0) is 29.4 Å². The molecule has 3 rings (SSSR count). The number of hydrogen-bond donors (Lipinski definition) is 2. The van der Waals surface area contributed by atoms with Gasteiger partial charge in [0.25, 0.3) is 0 Å². The summed E-state index contributed by atoms with van der Waals surface area (Å²) in [6, 6.07) is 8.16. The Hall–Kier alpha value is -1.88. The average Bonchev–Trinajstić information content (AvgIpc) is 3.01. The van der Waals surface area contributed by atoms with E-state index in [1.54, 1.807) is 4.90 Å². The van der Waals surface area contributed by atoms with Crippen molar-refractivity contribution in [1.82, 2.24) is 15.5 Å². The molecule has 0 saturated carbocycles. The van der Waals surface area contributed by atoms with Gasteiger partial charge in [0, 0.05) is 19.1 Å². The van der Waals surface area contributed by atoms with E-state index in [2.05, 4.69) is 55.7 Å². The van der Waals surface area contributed by atoms with Crippen LogP contribution >= 0.6 is 0 Å². The highest BCUT2D eigenvalue weighted by atomic mass is 16.2. The van der Waals surface area contributed by atoms with E-state index in [0.29, 0.717) is 19.4 Å². The number of fused-ring (bicyclic) bond motifs is 1. The van der Waals surface area contributed by atoms with Crippen molar-refractivity contribution in [2.45, 2.75) is 70.6 Å². The topological polar surface area (TPSA) is 61.4 Å². The first-order valence-corrected chi connectivity index (χ1v) is 9.23. The summed E-state index contributed by atoms with van der Waals surface area (Å²) < 4.78 is 0. The molecule has 2 N–H and O–H groups in total. The zero-order chi connectivity index (χ0) is 18.2. The summed E-state index contributed by atoms with van der Waals surface area (Å²) in [5, 5.41) is 6.36. The molecule has 1 aromatic rings. The van der Waals surface area contributed by atoms with Crippen LogP contribution in [0.4, 0.5) is 0 Å². The third-order valence-electron chi connectivity index (χ3n) is 5.32. The Morgan fingerprint density at radius 3 is 2.48 bits per heavy atom. The molecule has 0 unspecified atom stereocenters. The lowest BCUT2D eigenvalue weighted by Gasteiger charge is -2.33. The second-order valence-electron chi connectivity index (χ2n) is 8.24. The highest BCUT2D eigenvalue weighted by Gasteiger charge is 2.45. The van der Waals surface area contributed by atoms with Crippen molar-refractivity contribution in [1.29, 1.82) is 0 Å². The van der Waals surface area contributed by atoms with E-state index in [-0.39, 0.29) is 35.4 Å². The molecule has 2 heterocycles. The maximum atomic E-state index is 12.4. The summed E-state index contributed by atoms with van der Waals surface area (Å²) in [4.78, 5) is 26.4. The summed E-state index contributed by atoms with van der Waals surface area (Å²) >= 11 is 0. The number of piperazine rings is 1. The first kappa shape index (κ1) is 17.9. The van der Waals surface area contributed by atoms with E-state index in [9.17, 15) is 9.59 Å². The molecule has 2 aliphatic heterocycles. The fourth-order valence-corrected chi connectivity index (χ4v) is 3.67. The summed E-state index contributed by atoms with van der Waals surface area (Å²) in [6.45, 7) is 9.92. The van der Waals surface area contributed by atoms with E-state index in [4.69, 9.17) is 0 Å². The predicted octanol–water partition coefficient (Wildman–Crippen LogP) is 1.95. The van der Waals surface area contributed by atoms with Gasteiger partial charge >= 0.3 is 0 Å². The van der Waals surface area contributed by atoms with E-state index in [0.717, 1.165) is 6.54 Å². The molecule has 2 amide bonds. The highest BCUT2D eigenvalue weighted by Crippen LogP contribution is 2.24. The van der Waals surface area contributed by atoms with Crippen LogP contribution in [-0.2, 0) is 21.5 Å². The Balaban J connectivity index is 1.58. The standard InChI is InChI=1S/C20H29N3O2/c1-5-16-19(25)23-12-15(10-17(23)18(24)22-16)21-11-13-6-8-14(9-7-13)20(2,3)4/h6-9,15-17,21H,5,10-12H2,1-4H3,(H,22,24)/t15-,16-,17-/m0/s1. The van der Waals surface area contributed by atoms with Crippen molar-refractivity contribution in [2.24, 2.45) is 0 Å². The van der Waals surface area contributed by atoms with Gasteiger partial charge in [0.1, 0.15) is 12.1 Å². The third kappa shape index (κ3) is 3.71. The van der Waals surface area contributed by atoms with Crippen LogP contribution in [0, 0.1) is 0 Å². The van der Waals surface area contributed by atoms with Gasteiger partial charge in [-0.15, -0.1) is 0 Å². The van der Waals surface area contributed by atoms with Crippen LogP contribution in [0.5, 0.6) is 0 Å². The largest absolute Gasteiger partial charge is 0.343 e. The molecule has 1 aromatic carbocycles. The van der Waals surface area contributed by atoms with Crippen LogP contribution in [0.25, 0.3) is 0 Å². The molecule has 136 valence electrons. The zero-order valence-corrected chi connectivity index (χ0v) is 15.6. The van der Waals surface area contributed by atoms with Crippen molar-refractivity contribution in [3.63, 3.8) is 0 Å². The Morgan fingerprint density at radius 1 is 1.20 bits per heavy atom. The average molecular weight is 343 g/mol. The van der Waals surface area contributed by atoms with E-state index in [1.165, 1.54) is 11.1 Å². The fraction of sp³-hybridized carbons (Fsp3) is 0.600. The minimum Gasteiger partial charge on any atom is -0.343 e. The summed E-state index contributed by atoms with van der Waals surface area (Å²) in [5.41, 5.74) is 2.70.